The van der Waals surface area contributed by atoms with Crippen LogP contribution in [0.3, 0.4) is 0 Å². The van der Waals surface area contributed by atoms with Gasteiger partial charge in [-0.05, 0) is 25.0 Å². The summed E-state index contributed by atoms with van der Waals surface area (Å²) in [5, 5.41) is 22.5. The van der Waals surface area contributed by atoms with Crippen LogP contribution in [0.1, 0.15) is 18.4 Å². The molecule has 1 aromatic rings. The molecule has 1 aliphatic rings. The zero-order valence-electron chi connectivity index (χ0n) is 12.3. The number of likely N-dealkylation sites (tertiary alicyclic amines) is 1. The Kier molecular flexibility index (Phi) is 4.92. The standard InChI is InChI=1S/C14H13F3N4O3/c15-14(16,17)8-20-5-1-2-11(13(20)22)19-10-3-4-12(21(23)24)9(6-10)7-18/h3-4,6,11,19H,1-2,5,8H2/t11-/m1/s1. The number of anilines is 1. The molecule has 1 N–H and O–H groups in total. The zero-order valence-corrected chi connectivity index (χ0v) is 12.3. The minimum Gasteiger partial charge on any atom is -0.374 e. The number of hydrogen-bond donors (Lipinski definition) is 1. The first kappa shape index (κ1) is 17.5. The van der Waals surface area contributed by atoms with Gasteiger partial charge in [0.25, 0.3) is 5.69 Å². The van der Waals surface area contributed by atoms with E-state index in [-0.39, 0.29) is 23.5 Å². The van der Waals surface area contributed by atoms with Crippen molar-refractivity contribution in [3.63, 3.8) is 0 Å². The Morgan fingerprint density at radius 1 is 1.46 bits per heavy atom. The molecule has 1 aliphatic heterocycles. The lowest BCUT2D eigenvalue weighted by atomic mass is 10.0. The molecule has 0 bridgehead atoms. The van der Waals surface area contributed by atoms with Crippen molar-refractivity contribution in [2.75, 3.05) is 18.4 Å². The molecule has 1 atom stereocenters. The largest absolute Gasteiger partial charge is 0.406 e. The summed E-state index contributed by atoms with van der Waals surface area (Å²) in [6.45, 7) is -1.28. The molecule has 1 aromatic carbocycles. The number of halogens is 3. The molecule has 7 nitrogen and oxygen atoms in total. The monoisotopic (exact) mass is 342 g/mol. The number of carbonyl (C=O) groups is 1. The number of nitriles is 1. The maximum Gasteiger partial charge on any atom is 0.406 e. The highest BCUT2D eigenvalue weighted by Gasteiger charge is 2.37. The summed E-state index contributed by atoms with van der Waals surface area (Å²) in [6, 6.07) is 4.44. The molecule has 0 aliphatic carbocycles. The van der Waals surface area contributed by atoms with Gasteiger partial charge in [0.05, 0.1) is 4.92 Å². The van der Waals surface area contributed by atoms with E-state index in [0.29, 0.717) is 12.8 Å². The van der Waals surface area contributed by atoms with Crippen molar-refractivity contribution in [2.45, 2.75) is 25.1 Å². The highest BCUT2D eigenvalue weighted by molar-refractivity contribution is 5.85. The van der Waals surface area contributed by atoms with Crippen molar-refractivity contribution in [3.05, 3.63) is 33.9 Å². The van der Waals surface area contributed by atoms with Gasteiger partial charge in [0.1, 0.15) is 24.2 Å². The number of nitro groups is 1. The van der Waals surface area contributed by atoms with E-state index in [1.807, 2.05) is 0 Å². The topological polar surface area (TPSA) is 99.3 Å². The van der Waals surface area contributed by atoms with Gasteiger partial charge in [0, 0.05) is 18.3 Å². The SMILES string of the molecule is N#Cc1cc(N[C@@H]2CCCN(CC(F)(F)F)C2=O)ccc1[N+](=O)[O-]. The predicted molar refractivity (Wildman–Crippen MR) is 77.1 cm³/mol. The minimum absolute atomic E-state index is 0.0280. The maximum absolute atomic E-state index is 12.5. The molecule has 24 heavy (non-hydrogen) atoms. The van der Waals surface area contributed by atoms with Gasteiger partial charge in [0.2, 0.25) is 5.91 Å². The van der Waals surface area contributed by atoms with Crippen molar-refractivity contribution >= 4 is 17.3 Å². The number of nitrogens with zero attached hydrogens (tertiary/aromatic N) is 3. The molecule has 0 aromatic heterocycles. The number of carbonyl (C=O) groups excluding carboxylic acids is 1. The van der Waals surface area contributed by atoms with Crippen molar-refractivity contribution in [3.8, 4) is 6.07 Å². The van der Waals surface area contributed by atoms with Crippen LogP contribution in [0.25, 0.3) is 0 Å². The summed E-state index contributed by atoms with van der Waals surface area (Å²) in [5.74, 6) is -0.685. The summed E-state index contributed by atoms with van der Waals surface area (Å²) in [4.78, 5) is 22.9. The smallest absolute Gasteiger partial charge is 0.374 e. The molecule has 128 valence electrons. The third-order valence-electron chi connectivity index (χ3n) is 3.56. The molecule has 0 radical (unpaired) electrons. The van der Waals surface area contributed by atoms with Gasteiger partial charge >= 0.3 is 6.18 Å². The third-order valence-corrected chi connectivity index (χ3v) is 3.56. The van der Waals surface area contributed by atoms with E-state index in [1.54, 1.807) is 6.07 Å². The van der Waals surface area contributed by atoms with Crippen LogP contribution in [0.2, 0.25) is 0 Å². The number of nitrogens with one attached hydrogen (secondary N) is 1. The van der Waals surface area contributed by atoms with Crippen molar-refractivity contribution in [2.24, 2.45) is 0 Å². The van der Waals surface area contributed by atoms with Crippen LogP contribution in [0, 0.1) is 21.4 Å². The lowest BCUT2D eigenvalue weighted by Crippen LogP contribution is -2.50. The van der Waals surface area contributed by atoms with Gasteiger partial charge in [0.15, 0.2) is 0 Å². The van der Waals surface area contributed by atoms with Gasteiger partial charge in [-0.2, -0.15) is 18.4 Å². The van der Waals surface area contributed by atoms with Crippen molar-refractivity contribution in [1.82, 2.24) is 4.90 Å². The first-order valence-electron chi connectivity index (χ1n) is 7.02. The van der Waals surface area contributed by atoms with E-state index in [4.69, 9.17) is 5.26 Å². The van der Waals surface area contributed by atoms with Crippen LogP contribution in [0.4, 0.5) is 24.5 Å². The minimum atomic E-state index is -4.47. The molecule has 1 saturated heterocycles. The molecule has 0 spiro atoms. The van der Waals surface area contributed by atoms with Crippen LogP contribution in [0.15, 0.2) is 18.2 Å². The number of benzene rings is 1. The Bertz CT molecular complexity index is 699. The lowest BCUT2D eigenvalue weighted by Gasteiger charge is -2.33. The second-order valence-electron chi connectivity index (χ2n) is 5.31. The fraction of sp³-hybridized carbons (Fsp3) is 0.429. The third kappa shape index (κ3) is 4.13. The molecule has 0 unspecified atom stereocenters. The number of piperidine rings is 1. The van der Waals surface area contributed by atoms with Gasteiger partial charge < -0.3 is 10.2 Å². The Morgan fingerprint density at radius 3 is 2.75 bits per heavy atom. The summed E-state index contributed by atoms with van der Waals surface area (Å²) in [5.41, 5.74) is -0.304. The van der Waals surface area contributed by atoms with Gasteiger partial charge in [-0.15, -0.1) is 0 Å². The maximum atomic E-state index is 12.5. The van der Waals surface area contributed by atoms with Crippen LogP contribution >= 0.6 is 0 Å². The number of rotatable bonds is 4. The van der Waals surface area contributed by atoms with Crippen LogP contribution in [-0.4, -0.2) is 41.0 Å². The highest BCUT2D eigenvalue weighted by atomic mass is 19.4. The van der Waals surface area contributed by atoms with E-state index in [9.17, 15) is 28.1 Å². The van der Waals surface area contributed by atoms with E-state index in [2.05, 4.69) is 5.32 Å². The van der Waals surface area contributed by atoms with Crippen LogP contribution in [0.5, 0.6) is 0 Å². The second kappa shape index (κ2) is 6.74. The zero-order chi connectivity index (χ0) is 17.9. The van der Waals surface area contributed by atoms with Gasteiger partial charge in [-0.3, -0.25) is 14.9 Å². The molecule has 1 amide bonds. The molecule has 1 fully saturated rings. The Hall–Kier alpha value is -2.83. The summed E-state index contributed by atoms with van der Waals surface area (Å²) in [7, 11) is 0. The van der Waals surface area contributed by atoms with E-state index >= 15 is 0 Å². The number of amides is 1. The Labute approximate surface area is 134 Å². The first-order chi connectivity index (χ1) is 11.2. The normalized spacial score (nSPS) is 18.2. The lowest BCUT2D eigenvalue weighted by molar-refractivity contribution is -0.385. The summed E-state index contributed by atoms with van der Waals surface area (Å²) >= 11 is 0. The quantitative estimate of drug-likeness (QED) is 0.669. The van der Waals surface area contributed by atoms with Crippen LogP contribution in [-0.2, 0) is 4.79 Å². The van der Waals surface area contributed by atoms with Crippen LogP contribution < -0.4 is 5.32 Å². The average Bonchev–Trinajstić information content (AvgIpc) is 2.49. The predicted octanol–water partition coefficient (Wildman–Crippen LogP) is 2.43. The fourth-order valence-electron chi connectivity index (χ4n) is 2.52. The fourth-order valence-corrected chi connectivity index (χ4v) is 2.52. The first-order valence-corrected chi connectivity index (χ1v) is 7.02. The summed E-state index contributed by atoms with van der Waals surface area (Å²) in [6.07, 6.45) is -3.73. The van der Waals surface area contributed by atoms with E-state index < -0.39 is 29.6 Å². The molecule has 2 rings (SSSR count). The Balaban J connectivity index is 2.14. The number of alkyl halides is 3. The molecule has 0 saturated carbocycles. The Morgan fingerprint density at radius 2 is 2.17 bits per heavy atom. The molecular formula is C14H13F3N4O3. The van der Waals surface area contributed by atoms with Gasteiger partial charge in [-0.1, -0.05) is 0 Å². The van der Waals surface area contributed by atoms with Gasteiger partial charge in [-0.25, -0.2) is 0 Å². The molecule has 10 heteroatoms. The average molecular weight is 342 g/mol. The second-order valence-corrected chi connectivity index (χ2v) is 5.31. The summed E-state index contributed by atoms with van der Waals surface area (Å²) < 4.78 is 37.4. The van der Waals surface area contributed by atoms with Crippen molar-refractivity contribution in [1.29, 1.82) is 5.26 Å². The molecular weight excluding hydrogens is 329 g/mol. The highest BCUT2D eigenvalue weighted by Crippen LogP contribution is 2.25. The number of nitro benzene ring substituents is 1. The van der Waals surface area contributed by atoms with E-state index in [1.165, 1.54) is 12.1 Å². The van der Waals surface area contributed by atoms with E-state index in [0.717, 1.165) is 11.0 Å². The molecule has 1 heterocycles. The van der Waals surface area contributed by atoms with Crippen molar-refractivity contribution < 1.29 is 22.9 Å². The number of hydrogen-bond acceptors (Lipinski definition) is 5.